The molecule has 8 heteroatoms. The van der Waals surface area contributed by atoms with Gasteiger partial charge in [-0.15, -0.1) is 0 Å². The van der Waals surface area contributed by atoms with Gasteiger partial charge in [-0.2, -0.15) is 0 Å². The molecule has 0 atom stereocenters. The summed E-state index contributed by atoms with van der Waals surface area (Å²) in [4.78, 5) is 22.3. The Labute approximate surface area is 124 Å². The Kier molecular flexibility index (Phi) is 6.32. The van der Waals surface area contributed by atoms with Crippen molar-refractivity contribution < 1.29 is 18.0 Å². The molecule has 116 valence electrons. The fraction of sp³-hybridized carbons (Fsp3) is 0.385. The van der Waals surface area contributed by atoms with E-state index in [1.807, 2.05) is 6.92 Å². The van der Waals surface area contributed by atoms with Crippen LogP contribution < -0.4 is 15.4 Å². The Balaban J connectivity index is 2.65. The van der Waals surface area contributed by atoms with Crippen molar-refractivity contribution in [1.29, 1.82) is 0 Å². The largest absolute Gasteiger partial charge is 0.355 e. The number of hydrogen-bond acceptors (Lipinski definition) is 4. The van der Waals surface area contributed by atoms with E-state index >= 15 is 0 Å². The molecule has 0 aliphatic heterocycles. The van der Waals surface area contributed by atoms with Crippen molar-refractivity contribution in [2.75, 3.05) is 18.4 Å². The number of benzene rings is 1. The maximum atomic E-state index is 12.0. The van der Waals surface area contributed by atoms with Gasteiger partial charge in [0.15, 0.2) is 0 Å². The Morgan fingerprint density at radius 3 is 2.29 bits per heavy atom. The van der Waals surface area contributed by atoms with Gasteiger partial charge in [-0.05, 0) is 30.7 Å². The number of sulfonamides is 1. The normalized spacial score (nSPS) is 11.0. The van der Waals surface area contributed by atoms with Gasteiger partial charge in [-0.25, -0.2) is 13.1 Å². The van der Waals surface area contributed by atoms with E-state index in [1.54, 1.807) is 0 Å². The first-order valence-corrected chi connectivity index (χ1v) is 7.97. The number of carbonyl (C=O) groups is 2. The molecule has 0 bridgehead atoms. The fourth-order valence-electron chi connectivity index (χ4n) is 1.49. The lowest BCUT2D eigenvalue weighted by atomic mass is 10.3. The Hall–Kier alpha value is -1.93. The molecule has 1 aromatic carbocycles. The molecule has 0 aliphatic rings. The van der Waals surface area contributed by atoms with Crippen molar-refractivity contribution in [2.45, 2.75) is 25.2 Å². The van der Waals surface area contributed by atoms with Crippen LogP contribution in [0.5, 0.6) is 0 Å². The number of amides is 2. The molecule has 21 heavy (non-hydrogen) atoms. The minimum absolute atomic E-state index is 0.0277. The summed E-state index contributed by atoms with van der Waals surface area (Å²) in [5.74, 6) is -0.619. The average Bonchev–Trinajstić information content (AvgIpc) is 2.43. The van der Waals surface area contributed by atoms with Gasteiger partial charge in [0.25, 0.3) is 0 Å². The Morgan fingerprint density at radius 2 is 1.76 bits per heavy atom. The van der Waals surface area contributed by atoms with Gasteiger partial charge in [0.2, 0.25) is 21.8 Å². The summed E-state index contributed by atoms with van der Waals surface area (Å²) in [6.07, 6.45) is 0.781. The van der Waals surface area contributed by atoms with Gasteiger partial charge in [0, 0.05) is 19.2 Å². The van der Waals surface area contributed by atoms with Crippen LogP contribution in [0, 0.1) is 0 Å². The molecule has 0 fully saturated rings. The summed E-state index contributed by atoms with van der Waals surface area (Å²) in [5.41, 5.74) is 0.502. The highest BCUT2D eigenvalue weighted by atomic mass is 32.2. The second-order valence-electron chi connectivity index (χ2n) is 4.38. The first-order valence-electron chi connectivity index (χ1n) is 6.49. The topological polar surface area (TPSA) is 104 Å². The molecule has 0 spiro atoms. The van der Waals surface area contributed by atoms with Gasteiger partial charge < -0.3 is 10.6 Å². The molecule has 1 rings (SSSR count). The van der Waals surface area contributed by atoms with Crippen LogP contribution in [0.2, 0.25) is 0 Å². The molecule has 0 saturated heterocycles. The molecule has 0 heterocycles. The number of carbonyl (C=O) groups excluding carboxylic acids is 2. The molecule has 0 unspecified atom stereocenters. The molecule has 3 N–H and O–H groups in total. The average molecular weight is 313 g/mol. The second kappa shape index (κ2) is 7.75. The van der Waals surface area contributed by atoms with E-state index in [0.29, 0.717) is 12.2 Å². The van der Waals surface area contributed by atoms with Gasteiger partial charge in [-0.1, -0.05) is 6.92 Å². The number of anilines is 1. The van der Waals surface area contributed by atoms with Gasteiger partial charge in [-0.3, -0.25) is 9.59 Å². The van der Waals surface area contributed by atoms with Crippen molar-refractivity contribution in [2.24, 2.45) is 0 Å². The summed E-state index contributed by atoms with van der Waals surface area (Å²) < 4.78 is 26.1. The molecular formula is C13H19N3O4S. The van der Waals surface area contributed by atoms with Crippen molar-refractivity contribution in [3.8, 4) is 0 Å². The molecule has 0 saturated carbocycles. The molecule has 2 amide bonds. The Morgan fingerprint density at radius 1 is 1.14 bits per heavy atom. The van der Waals surface area contributed by atoms with Crippen molar-refractivity contribution >= 4 is 27.5 Å². The van der Waals surface area contributed by atoms with E-state index in [4.69, 9.17) is 0 Å². The summed E-state index contributed by atoms with van der Waals surface area (Å²) >= 11 is 0. The van der Waals surface area contributed by atoms with Crippen LogP contribution in [-0.4, -0.2) is 33.3 Å². The zero-order valence-corrected chi connectivity index (χ0v) is 12.8. The minimum atomic E-state index is -3.75. The highest BCUT2D eigenvalue weighted by molar-refractivity contribution is 7.89. The SMILES string of the molecule is CCCNC(=O)CNS(=O)(=O)c1ccc(NC(C)=O)cc1. The lowest BCUT2D eigenvalue weighted by Gasteiger charge is -2.08. The van der Waals surface area contributed by atoms with Crippen LogP contribution in [0.1, 0.15) is 20.3 Å². The summed E-state index contributed by atoms with van der Waals surface area (Å²) in [5, 5.41) is 5.11. The van der Waals surface area contributed by atoms with E-state index in [1.165, 1.54) is 31.2 Å². The van der Waals surface area contributed by atoms with E-state index in [2.05, 4.69) is 15.4 Å². The maximum absolute atomic E-state index is 12.0. The summed E-state index contributed by atoms with van der Waals surface area (Å²) in [6.45, 7) is 3.46. The lowest BCUT2D eigenvalue weighted by Crippen LogP contribution is -2.37. The van der Waals surface area contributed by atoms with Crippen molar-refractivity contribution in [3.63, 3.8) is 0 Å². The maximum Gasteiger partial charge on any atom is 0.241 e. The van der Waals surface area contributed by atoms with E-state index < -0.39 is 10.0 Å². The number of rotatable bonds is 7. The van der Waals surface area contributed by atoms with Gasteiger partial charge in [0.1, 0.15) is 0 Å². The second-order valence-corrected chi connectivity index (χ2v) is 6.15. The summed E-state index contributed by atoms with van der Waals surface area (Å²) in [7, 11) is -3.75. The van der Waals surface area contributed by atoms with Gasteiger partial charge >= 0.3 is 0 Å². The third-order valence-electron chi connectivity index (χ3n) is 2.48. The van der Waals surface area contributed by atoms with Crippen molar-refractivity contribution in [3.05, 3.63) is 24.3 Å². The number of nitrogens with one attached hydrogen (secondary N) is 3. The quantitative estimate of drug-likeness (QED) is 0.679. The van der Waals surface area contributed by atoms with Crippen LogP contribution in [0.25, 0.3) is 0 Å². The zero-order chi connectivity index (χ0) is 15.9. The molecule has 0 aliphatic carbocycles. The molecule has 1 aromatic rings. The van der Waals surface area contributed by atoms with E-state index in [-0.39, 0.29) is 23.3 Å². The first kappa shape index (κ1) is 17.1. The highest BCUT2D eigenvalue weighted by Crippen LogP contribution is 2.13. The van der Waals surface area contributed by atoms with Crippen molar-refractivity contribution in [1.82, 2.24) is 10.0 Å². The summed E-state index contributed by atoms with van der Waals surface area (Å²) in [6, 6.07) is 5.68. The smallest absolute Gasteiger partial charge is 0.241 e. The predicted octanol–water partition coefficient (Wildman–Crippen LogP) is 0.449. The van der Waals surface area contributed by atoms with E-state index in [9.17, 15) is 18.0 Å². The van der Waals surface area contributed by atoms with Crippen LogP contribution in [0.15, 0.2) is 29.2 Å². The van der Waals surface area contributed by atoms with Crippen LogP contribution in [-0.2, 0) is 19.6 Å². The Bertz CT molecular complexity index is 596. The molecule has 0 radical (unpaired) electrons. The number of hydrogen-bond donors (Lipinski definition) is 3. The molecular weight excluding hydrogens is 294 g/mol. The van der Waals surface area contributed by atoms with Crippen LogP contribution >= 0.6 is 0 Å². The zero-order valence-electron chi connectivity index (χ0n) is 12.0. The van der Waals surface area contributed by atoms with Gasteiger partial charge in [0.05, 0.1) is 11.4 Å². The van der Waals surface area contributed by atoms with Crippen LogP contribution in [0.3, 0.4) is 0 Å². The minimum Gasteiger partial charge on any atom is -0.355 e. The highest BCUT2D eigenvalue weighted by Gasteiger charge is 2.15. The monoisotopic (exact) mass is 313 g/mol. The third kappa shape index (κ3) is 5.92. The van der Waals surface area contributed by atoms with Crippen LogP contribution in [0.4, 0.5) is 5.69 Å². The predicted molar refractivity (Wildman–Crippen MR) is 79.2 cm³/mol. The molecule has 7 nitrogen and oxygen atoms in total. The lowest BCUT2D eigenvalue weighted by molar-refractivity contribution is -0.120. The standard InChI is InChI=1S/C13H19N3O4S/c1-3-8-14-13(18)9-15-21(19,20)12-6-4-11(5-7-12)16-10(2)17/h4-7,15H,3,8-9H2,1-2H3,(H,14,18)(H,16,17). The molecule has 0 aromatic heterocycles. The fourth-order valence-corrected chi connectivity index (χ4v) is 2.47. The van der Waals surface area contributed by atoms with E-state index in [0.717, 1.165) is 6.42 Å². The third-order valence-corrected chi connectivity index (χ3v) is 3.90. The first-order chi connectivity index (χ1) is 9.85.